The molecule has 1 aliphatic heterocycles. The molecule has 0 atom stereocenters. The normalized spacial score (nSPS) is 13.9. The highest BCUT2D eigenvalue weighted by atomic mass is 35.5. The van der Waals surface area contributed by atoms with Gasteiger partial charge in [0.25, 0.3) is 5.91 Å². The van der Waals surface area contributed by atoms with Crippen LogP contribution in [0, 0.1) is 6.92 Å². The lowest BCUT2D eigenvalue weighted by Crippen LogP contribution is -2.51. The fourth-order valence-corrected chi connectivity index (χ4v) is 3.43. The van der Waals surface area contributed by atoms with Gasteiger partial charge in [-0.25, -0.2) is 0 Å². The molecule has 0 radical (unpaired) electrons. The molecule has 2 aromatic rings. The molecule has 1 heterocycles. The number of ketones is 1. The Morgan fingerprint density at radius 3 is 2.39 bits per heavy atom. The summed E-state index contributed by atoms with van der Waals surface area (Å²) < 4.78 is 0. The molecule has 0 spiro atoms. The monoisotopic (exact) mass is 399 g/mol. The number of para-hydroxylation sites is 1. The summed E-state index contributed by atoms with van der Waals surface area (Å²) in [6, 6.07) is 14.4. The number of nitrogens with one attached hydrogen (secondary N) is 1. The number of Topliss-reactive ketones (excluding diaryl/α,β-unsaturated/α-hetero) is 1. The summed E-state index contributed by atoms with van der Waals surface area (Å²) in [4.78, 5) is 40.4. The summed E-state index contributed by atoms with van der Waals surface area (Å²) in [6.07, 6.45) is 0. The van der Waals surface area contributed by atoms with Crippen molar-refractivity contribution in [2.45, 2.75) is 6.92 Å². The van der Waals surface area contributed by atoms with Crippen molar-refractivity contribution in [3.8, 4) is 0 Å². The van der Waals surface area contributed by atoms with Crippen LogP contribution in [0.15, 0.2) is 48.5 Å². The van der Waals surface area contributed by atoms with Gasteiger partial charge in [-0.05, 0) is 25.1 Å². The number of anilines is 1. The van der Waals surface area contributed by atoms with E-state index in [2.05, 4.69) is 10.2 Å². The smallest absolute Gasteiger partial charge is 0.292 e. The maximum absolute atomic E-state index is 12.4. The molecule has 1 N–H and O–H groups in total. The second kappa shape index (κ2) is 8.89. The van der Waals surface area contributed by atoms with Gasteiger partial charge in [-0.1, -0.05) is 47.5 Å². The fraction of sp³-hybridized carbons (Fsp3) is 0.286. The molecule has 2 aromatic carbocycles. The number of halogens is 1. The van der Waals surface area contributed by atoms with Crippen LogP contribution in [0.5, 0.6) is 0 Å². The summed E-state index contributed by atoms with van der Waals surface area (Å²) in [5, 5.41) is 3.12. The van der Waals surface area contributed by atoms with Crippen molar-refractivity contribution in [2.75, 3.05) is 37.6 Å². The second-order valence-electron chi connectivity index (χ2n) is 6.70. The minimum Gasteiger partial charge on any atom is -0.367 e. The van der Waals surface area contributed by atoms with Crippen LogP contribution in [0.2, 0.25) is 5.02 Å². The van der Waals surface area contributed by atoms with Crippen LogP contribution < -0.4 is 10.2 Å². The predicted molar refractivity (Wildman–Crippen MR) is 109 cm³/mol. The molecule has 146 valence electrons. The van der Waals surface area contributed by atoms with E-state index in [9.17, 15) is 14.4 Å². The first-order valence-electron chi connectivity index (χ1n) is 9.12. The number of carbonyl (C=O) groups excluding carboxylic acids is 3. The Hall–Kier alpha value is -2.86. The number of nitrogens with zero attached hydrogens (tertiary/aromatic N) is 2. The molecule has 7 heteroatoms. The summed E-state index contributed by atoms with van der Waals surface area (Å²) in [6.45, 7) is 4.04. The fourth-order valence-electron chi connectivity index (χ4n) is 3.17. The highest BCUT2D eigenvalue weighted by Crippen LogP contribution is 2.25. The number of hydrogen-bond acceptors (Lipinski definition) is 4. The number of aryl methyl sites for hydroxylation is 1. The largest absolute Gasteiger partial charge is 0.367 e. The van der Waals surface area contributed by atoms with E-state index in [4.69, 9.17) is 11.6 Å². The highest BCUT2D eigenvalue weighted by molar-refractivity contribution is 6.43. The van der Waals surface area contributed by atoms with E-state index in [1.807, 2.05) is 37.3 Å². The van der Waals surface area contributed by atoms with Crippen molar-refractivity contribution in [3.05, 3.63) is 64.7 Å². The third kappa shape index (κ3) is 4.70. The first-order chi connectivity index (χ1) is 13.5. The van der Waals surface area contributed by atoms with Gasteiger partial charge in [0, 0.05) is 31.7 Å². The minimum absolute atomic E-state index is 0.192. The first kappa shape index (κ1) is 19.9. The van der Waals surface area contributed by atoms with Gasteiger partial charge in [0.1, 0.15) is 0 Å². The zero-order valence-corrected chi connectivity index (χ0v) is 16.4. The van der Waals surface area contributed by atoms with Crippen molar-refractivity contribution in [2.24, 2.45) is 0 Å². The van der Waals surface area contributed by atoms with Gasteiger partial charge in [0.15, 0.2) is 0 Å². The van der Waals surface area contributed by atoms with Gasteiger partial charge < -0.3 is 15.1 Å². The second-order valence-corrected chi connectivity index (χ2v) is 7.11. The predicted octanol–water partition coefficient (Wildman–Crippen LogP) is 2.30. The Labute approximate surface area is 169 Å². The van der Waals surface area contributed by atoms with Crippen LogP contribution in [0.4, 0.5) is 5.69 Å². The van der Waals surface area contributed by atoms with Crippen LogP contribution in [0.25, 0.3) is 0 Å². The molecule has 1 fully saturated rings. The van der Waals surface area contributed by atoms with E-state index in [-0.39, 0.29) is 12.5 Å². The van der Waals surface area contributed by atoms with E-state index in [1.165, 1.54) is 0 Å². The van der Waals surface area contributed by atoms with Gasteiger partial charge in [0.05, 0.1) is 17.3 Å². The molecule has 1 aliphatic rings. The number of amides is 2. The van der Waals surface area contributed by atoms with Gasteiger partial charge in [0.2, 0.25) is 11.7 Å². The zero-order chi connectivity index (χ0) is 20.1. The van der Waals surface area contributed by atoms with Gasteiger partial charge >= 0.3 is 0 Å². The molecule has 3 rings (SSSR count). The van der Waals surface area contributed by atoms with Crippen molar-refractivity contribution in [1.29, 1.82) is 0 Å². The molecule has 1 saturated heterocycles. The average molecular weight is 400 g/mol. The lowest BCUT2D eigenvalue weighted by Gasteiger charge is -2.36. The van der Waals surface area contributed by atoms with E-state index in [1.54, 1.807) is 23.1 Å². The third-order valence-electron chi connectivity index (χ3n) is 4.71. The van der Waals surface area contributed by atoms with E-state index >= 15 is 0 Å². The SMILES string of the molecule is Cc1cccc(C(=O)C(=O)NCC(=O)N2CCN(c3ccccc3Cl)CC2)c1. The van der Waals surface area contributed by atoms with Gasteiger partial charge in [-0.2, -0.15) is 0 Å². The quantitative estimate of drug-likeness (QED) is 0.618. The number of rotatable bonds is 5. The maximum Gasteiger partial charge on any atom is 0.292 e. The molecule has 0 aliphatic carbocycles. The van der Waals surface area contributed by atoms with Crippen molar-refractivity contribution in [3.63, 3.8) is 0 Å². The number of benzene rings is 2. The van der Waals surface area contributed by atoms with Crippen molar-refractivity contribution >= 4 is 34.9 Å². The van der Waals surface area contributed by atoms with Crippen LogP contribution in [-0.2, 0) is 9.59 Å². The average Bonchev–Trinajstić information content (AvgIpc) is 2.71. The molecule has 0 bridgehead atoms. The maximum atomic E-state index is 12.4. The summed E-state index contributed by atoms with van der Waals surface area (Å²) in [5.41, 5.74) is 2.16. The van der Waals surface area contributed by atoms with Crippen molar-refractivity contribution < 1.29 is 14.4 Å². The zero-order valence-electron chi connectivity index (χ0n) is 15.7. The Balaban J connectivity index is 1.49. The van der Waals surface area contributed by atoms with E-state index < -0.39 is 11.7 Å². The van der Waals surface area contributed by atoms with Crippen LogP contribution in [0.1, 0.15) is 15.9 Å². The Bertz CT molecular complexity index is 892. The van der Waals surface area contributed by atoms with Gasteiger partial charge in [-0.3, -0.25) is 14.4 Å². The number of hydrogen-bond donors (Lipinski definition) is 1. The van der Waals surface area contributed by atoms with E-state index in [0.717, 1.165) is 11.3 Å². The molecular weight excluding hydrogens is 378 g/mol. The Kier molecular flexibility index (Phi) is 6.31. The molecule has 6 nitrogen and oxygen atoms in total. The molecule has 28 heavy (non-hydrogen) atoms. The molecule has 0 aromatic heterocycles. The standard InChI is InChI=1S/C21H22ClN3O3/c1-15-5-4-6-16(13-15)20(27)21(28)23-14-19(26)25-11-9-24(10-12-25)18-8-3-2-7-17(18)22/h2-8,13H,9-12,14H2,1H3,(H,23,28). The number of carbonyl (C=O) groups is 3. The summed E-state index contributed by atoms with van der Waals surface area (Å²) in [5.74, 6) is -1.61. The van der Waals surface area contributed by atoms with Crippen LogP contribution >= 0.6 is 11.6 Å². The van der Waals surface area contributed by atoms with Gasteiger partial charge in [-0.15, -0.1) is 0 Å². The van der Waals surface area contributed by atoms with Crippen LogP contribution in [0.3, 0.4) is 0 Å². The first-order valence-corrected chi connectivity index (χ1v) is 9.50. The van der Waals surface area contributed by atoms with E-state index in [0.29, 0.717) is 36.8 Å². The van der Waals surface area contributed by atoms with Crippen molar-refractivity contribution in [1.82, 2.24) is 10.2 Å². The molecular formula is C21H22ClN3O3. The Morgan fingerprint density at radius 2 is 1.71 bits per heavy atom. The lowest BCUT2D eigenvalue weighted by atomic mass is 10.1. The summed E-state index contributed by atoms with van der Waals surface area (Å²) >= 11 is 6.23. The van der Waals surface area contributed by atoms with Crippen LogP contribution in [-0.4, -0.2) is 55.2 Å². The minimum atomic E-state index is -0.770. The lowest BCUT2D eigenvalue weighted by molar-refractivity contribution is -0.132. The third-order valence-corrected chi connectivity index (χ3v) is 5.03. The molecule has 0 saturated carbocycles. The summed E-state index contributed by atoms with van der Waals surface area (Å²) in [7, 11) is 0. The highest BCUT2D eigenvalue weighted by Gasteiger charge is 2.23. The Morgan fingerprint density at radius 1 is 1.00 bits per heavy atom. The number of piperazine rings is 1. The molecule has 2 amide bonds. The molecule has 0 unspecified atom stereocenters. The topological polar surface area (TPSA) is 69.7 Å².